The van der Waals surface area contributed by atoms with Crippen molar-refractivity contribution in [2.45, 2.75) is 32.9 Å². The Bertz CT molecular complexity index is 693. The number of nitrogens with zero attached hydrogens (tertiary/aromatic N) is 2. The van der Waals surface area contributed by atoms with Crippen LogP contribution in [0.4, 0.5) is 0 Å². The van der Waals surface area contributed by atoms with E-state index in [2.05, 4.69) is 34.3 Å². The highest BCUT2D eigenvalue weighted by Crippen LogP contribution is 2.28. The third kappa shape index (κ3) is 6.22. The lowest BCUT2D eigenvalue weighted by Gasteiger charge is -2.30. The first-order valence-electron chi connectivity index (χ1n) is 9.86. The van der Waals surface area contributed by atoms with E-state index in [-0.39, 0.29) is 0 Å². The van der Waals surface area contributed by atoms with E-state index >= 15 is 0 Å². The Morgan fingerprint density at radius 1 is 1.15 bits per heavy atom. The monoisotopic (exact) mass is 369 g/mol. The normalized spacial score (nSPS) is 17.6. The number of aromatic nitrogens is 1. The van der Waals surface area contributed by atoms with Crippen molar-refractivity contribution in [1.82, 2.24) is 15.2 Å². The number of pyridine rings is 1. The number of piperidine rings is 1. The second-order valence-electron chi connectivity index (χ2n) is 7.35. The van der Waals surface area contributed by atoms with Gasteiger partial charge in [-0.3, -0.25) is 4.98 Å². The van der Waals surface area contributed by atoms with Crippen LogP contribution in [0.1, 0.15) is 30.9 Å². The van der Waals surface area contributed by atoms with Crippen LogP contribution in [0, 0.1) is 5.92 Å². The van der Waals surface area contributed by atoms with Crippen LogP contribution in [0.5, 0.6) is 11.5 Å². The van der Waals surface area contributed by atoms with E-state index in [1.807, 2.05) is 18.2 Å². The molecule has 1 aromatic heterocycles. The number of nitrogens with one attached hydrogen (secondary N) is 1. The lowest BCUT2D eigenvalue weighted by molar-refractivity contribution is 0.184. The molecule has 146 valence electrons. The van der Waals surface area contributed by atoms with Gasteiger partial charge < -0.3 is 19.7 Å². The Morgan fingerprint density at radius 3 is 2.78 bits per heavy atom. The van der Waals surface area contributed by atoms with Crippen molar-refractivity contribution in [3.05, 3.63) is 53.9 Å². The number of hydrogen-bond donors (Lipinski definition) is 1. The highest BCUT2D eigenvalue weighted by Gasteiger charge is 2.15. The second kappa shape index (κ2) is 10.3. The zero-order valence-electron chi connectivity index (χ0n) is 16.5. The molecule has 1 fully saturated rings. The molecule has 1 atom stereocenters. The average Bonchev–Trinajstić information content (AvgIpc) is 2.71. The van der Waals surface area contributed by atoms with Crippen LogP contribution in [0.3, 0.4) is 0 Å². The van der Waals surface area contributed by atoms with Gasteiger partial charge in [-0.1, -0.05) is 13.0 Å². The minimum atomic E-state index is 0.505. The Morgan fingerprint density at radius 2 is 2.00 bits per heavy atom. The smallest absolute Gasteiger partial charge is 0.161 e. The van der Waals surface area contributed by atoms with Gasteiger partial charge in [0.15, 0.2) is 11.5 Å². The molecule has 0 aliphatic carbocycles. The van der Waals surface area contributed by atoms with Crippen LogP contribution in [0.15, 0.2) is 42.7 Å². The Labute approximate surface area is 162 Å². The van der Waals surface area contributed by atoms with E-state index in [1.165, 1.54) is 31.5 Å². The molecule has 0 spiro atoms. The van der Waals surface area contributed by atoms with Crippen LogP contribution in [0.25, 0.3) is 0 Å². The number of ether oxygens (including phenoxy) is 2. The molecular formula is C22H31N3O2. The van der Waals surface area contributed by atoms with Crippen molar-refractivity contribution < 1.29 is 9.47 Å². The number of benzene rings is 1. The van der Waals surface area contributed by atoms with Gasteiger partial charge in [0.05, 0.1) is 7.11 Å². The summed E-state index contributed by atoms with van der Waals surface area (Å²) in [5.74, 6) is 2.37. The van der Waals surface area contributed by atoms with Crippen molar-refractivity contribution >= 4 is 0 Å². The molecule has 1 saturated heterocycles. The highest BCUT2D eigenvalue weighted by atomic mass is 16.5. The van der Waals surface area contributed by atoms with E-state index in [4.69, 9.17) is 9.47 Å². The molecule has 0 saturated carbocycles. The minimum Gasteiger partial charge on any atom is -0.493 e. The molecule has 1 aromatic carbocycles. The lowest BCUT2D eigenvalue weighted by atomic mass is 10.0. The van der Waals surface area contributed by atoms with E-state index in [0.717, 1.165) is 42.6 Å². The quantitative estimate of drug-likeness (QED) is 0.686. The summed E-state index contributed by atoms with van der Waals surface area (Å²) in [5, 5.41) is 3.55. The maximum Gasteiger partial charge on any atom is 0.161 e. The van der Waals surface area contributed by atoms with Gasteiger partial charge >= 0.3 is 0 Å². The Balaban J connectivity index is 1.45. The van der Waals surface area contributed by atoms with Gasteiger partial charge in [-0.25, -0.2) is 0 Å². The molecule has 0 amide bonds. The van der Waals surface area contributed by atoms with E-state index in [0.29, 0.717) is 6.61 Å². The summed E-state index contributed by atoms with van der Waals surface area (Å²) < 4.78 is 11.4. The molecule has 2 aromatic rings. The zero-order chi connectivity index (χ0) is 18.9. The number of methoxy groups -OCH3 is 1. The van der Waals surface area contributed by atoms with Crippen molar-refractivity contribution in [2.75, 3.05) is 33.3 Å². The highest BCUT2D eigenvalue weighted by molar-refractivity contribution is 5.43. The summed E-state index contributed by atoms with van der Waals surface area (Å²) in [6.45, 7) is 8.30. The molecule has 0 radical (unpaired) electrons. The third-order valence-electron chi connectivity index (χ3n) is 5.05. The SMILES string of the molecule is COc1cc(CNCCN2CCCC(C)C2)ccc1OCc1ccncc1. The molecule has 1 aliphatic heterocycles. The molecular weight excluding hydrogens is 338 g/mol. The maximum absolute atomic E-state index is 5.90. The van der Waals surface area contributed by atoms with Gasteiger partial charge in [0, 0.05) is 38.6 Å². The summed E-state index contributed by atoms with van der Waals surface area (Å²) in [6, 6.07) is 10.0. The van der Waals surface area contributed by atoms with Crippen LogP contribution in [-0.4, -0.2) is 43.2 Å². The van der Waals surface area contributed by atoms with Crippen molar-refractivity contribution in [1.29, 1.82) is 0 Å². The summed E-state index contributed by atoms with van der Waals surface area (Å²) in [6.07, 6.45) is 6.25. The minimum absolute atomic E-state index is 0.505. The predicted molar refractivity (Wildman–Crippen MR) is 108 cm³/mol. The van der Waals surface area contributed by atoms with Crippen molar-refractivity contribution in [3.8, 4) is 11.5 Å². The van der Waals surface area contributed by atoms with Gasteiger partial charge in [0.25, 0.3) is 0 Å². The first-order chi connectivity index (χ1) is 13.2. The molecule has 0 bridgehead atoms. The van der Waals surface area contributed by atoms with Gasteiger partial charge in [-0.2, -0.15) is 0 Å². The van der Waals surface area contributed by atoms with Crippen molar-refractivity contribution in [3.63, 3.8) is 0 Å². The molecule has 1 aliphatic rings. The van der Waals surface area contributed by atoms with Gasteiger partial charge in [0.1, 0.15) is 6.61 Å². The molecule has 1 unspecified atom stereocenters. The van der Waals surface area contributed by atoms with Gasteiger partial charge in [-0.15, -0.1) is 0 Å². The largest absolute Gasteiger partial charge is 0.493 e. The average molecular weight is 370 g/mol. The summed E-state index contributed by atoms with van der Waals surface area (Å²) in [7, 11) is 1.68. The van der Waals surface area contributed by atoms with Crippen LogP contribution in [-0.2, 0) is 13.2 Å². The topological polar surface area (TPSA) is 46.6 Å². The fourth-order valence-electron chi connectivity index (χ4n) is 3.54. The summed E-state index contributed by atoms with van der Waals surface area (Å²) in [5.41, 5.74) is 2.29. The van der Waals surface area contributed by atoms with E-state index in [1.54, 1.807) is 19.5 Å². The van der Waals surface area contributed by atoms with E-state index < -0.39 is 0 Å². The van der Waals surface area contributed by atoms with Gasteiger partial charge in [0.2, 0.25) is 0 Å². The van der Waals surface area contributed by atoms with E-state index in [9.17, 15) is 0 Å². The fraction of sp³-hybridized carbons (Fsp3) is 0.500. The summed E-state index contributed by atoms with van der Waals surface area (Å²) in [4.78, 5) is 6.59. The maximum atomic E-state index is 5.90. The molecule has 5 heteroatoms. The van der Waals surface area contributed by atoms with Gasteiger partial charge in [-0.05, 0) is 60.7 Å². The first kappa shape index (κ1) is 19.6. The number of hydrogen-bond acceptors (Lipinski definition) is 5. The number of rotatable bonds is 9. The zero-order valence-corrected chi connectivity index (χ0v) is 16.5. The molecule has 5 nitrogen and oxygen atoms in total. The van der Waals surface area contributed by atoms with Crippen LogP contribution >= 0.6 is 0 Å². The molecule has 27 heavy (non-hydrogen) atoms. The second-order valence-corrected chi connectivity index (χ2v) is 7.35. The summed E-state index contributed by atoms with van der Waals surface area (Å²) >= 11 is 0. The number of likely N-dealkylation sites (tertiary alicyclic amines) is 1. The molecule has 3 rings (SSSR count). The molecule has 1 N–H and O–H groups in total. The fourth-order valence-corrected chi connectivity index (χ4v) is 3.54. The van der Waals surface area contributed by atoms with Crippen molar-refractivity contribution in [2.24, 2.45) is 5.92 Å². The van der Waals surface area contributed by atoms with Crippen LogP contribution < -0.4 is 14.8 Å². The third-order valence-corrected chi connectivity index (χ3v) is 5.05. The predicted octanol–water partition coefficient (Wildman–Crippen LogP) is 3.49. The Hall–Kier alpha value is -2.11. The molecule has 2 heterocycles. The lowest BCUT2D eigenvalue weighted by Crippen LogP contribution is -2.38. The van der Waals surface area contributed by atoms with Crippen LogP contribution in [0.2, 0.25) is 0 Å². The standard InChI is InChI=1S/C22H31N3O2/c1-18-4-3-12-25(16-18)13-11-24-15-20-5-6-21(22(14-20)26-2)27-17-19-7-9-23-10-8-19/h5-10,14,18,24H,3-4,11-13,15-17H2,1-2H3. The Kier molecular flexibility index (Phi) is 7.48. The first-order valence-corrected chi connectivity index (χ1v) is 9.86.